The number of anilines is 1. The molecule has 0 saturated heterocycles. The standard InChI is InChI=1S/C8H12ClN5O2/c1-10-5(15)3-4-11-7-12-6(9)13-8(14-7)16-2/h3-4H2,1-2H3,(H,10,15)(H,11,12,13,14). The normalized spacial score (nSPS) is 9.69. The van der Waals surface area contributed by atoms with Gasteiger partial charge < -0.3 is 15.4 Å². The summed E-state index contributed by atoms with van der Waals surface area (Å²) in [4.78, 5) is 22.4. The topological polar surface area (TPSA) is 89.0 Å². The Hall–Kier alpha value is -1.63. The molecule has 0 aromatic carbocycles. The van der Waals surface area contributed by atoms with Crippen LogP contribution >= 0.6 is 11.6 Å². The first-order valence-electron chi connectivity index (χ1n) is 4.55. The van der Waals surface area contributed by atoms with Crippen molar-refractivity contribution in [2.45, 2.75) is 6.42 Å². The third kappa shape index (κ3) is 3.85. The molecule has 0 aliphatic heterocycles. The smallest absolute Gasteiger partial charge is 0.322 e. The highest BCUT2D eigenvalue weighted by molar-refractivity contribution is 6.28. The lowest BCUT2D eigenvalue weighted by Gasteiger charge is -2.05. The number of ether oxygens (including phenoxy) is 1. The van der Waals surface area contributed by atoms with Crippen LogP contribution in [0.1, 0.15) is 6.42 Å². The number of carbonyl (C=O) groups excluding carboxylic acids is 1. The van der Waals surface area contributed by atoms with E-state index in [9.17, 15) is 4.79 Å². The van der Waals surface area contributed by atoms with E-state index in [1.807, 2.05) is 0 Å². The number of hydrogen-bond donors (Lipinski definition) is 2. The molecule has 88 valence electrons. The third-order valence-electron chi connectivity index (χ3n) is 1.68. The van der Waals surface area contributed by atoms with E-state index >= 15 is 0 Å². The van der Waals surface area contributed by atoms with Crippen LogP contribution in [-0.2, 0) is 4.79 Å². The molecule has 0 bridgehead atoms. The number of methoxy groups -OCH3 is 1. The molecule has 1 rings (SSSR count). The van der Waals surface area contributed by atoms with E-state index in [0.717, 1.165) is 0 Å². The van der Waals surface area contributed by atoms with Crippen molar-refractivity contribution in [3.8, 4) is 6.01 Å². The molecule has 0 atom stereocenters. The van der Waals surface area contributed by atoms with Gasteiger partial charge in [-0.2, -0.15) is 15.0 Å². The van der Waals surface area contributed by atoms with E-state index in [4.69, 9.17) is 16.3 Å². The average molecular weight is 246 g/mol. The minimum absolute atomic E-state index is 0.0364. The Morgan fingerprint density at radius 1 is 1.44 bits per heavy atom. The highest BCUT2D eigenvalue weighted by Crippen LogP contribution is 2.10. The molecule has 7 nitrogen and oxygen atoms in total. The molecule has 1 heterocycles. The highest BCUT2D eigenvalue weighted by Gasteiger charge is 2.05. The van der Waals surface area contributed by atoms with Crippen LogP contribution in [0.4, 0.5) is 5.95 Å². The number of rotatable bonds is 5. The van der Waals surface area contributed by atoms with Gasteiger partial charge in [-0.05, 0) is 11.6 Å². The molecule has 0 saturated carbocycles. The Balaban J connectivity index is 2.53. The first-order valence-corrected chi connectivity index (χ1v) is 4.93. The lowest BCUT2D eigenvalue weighted by Crippen LogP contribution is -2.21. The molecule has 0 aliphatic carbocycles. The van der Waals surface area contributed by atoms with E-state index in [-0.39, 0.29) is 23.1 Å². The highest BCUT2D eigenvalue weighted by atomic mass is 35.5. The minimum Gasteiger partial charge on any atom is -0.467 e. The molecule has 0 spiro atoms. The molecule has 0 fully saturated rings. The van der Waals surface area contributed by atoms with E-state index in [0.29, 0.717) is 13.0 Å². The number of amides is 1. The number of nitrogens with one attached hydrogen (secondary N) is 2. The Morgan fingerprint density at radius 3 is 2.81 bits per heavy atom. The van der Waals surface area contributed by atoms with E-state index in [1.165, 1.54) is 7.11 Å². The molecule has 1 amide bonds. The maximum atomic E-state index is 10.9. The van der Waals surface area contributed by atoms with Crippen LogP contribution in [-0.4, -0.2) is 41.6 Å². The molecule has 0 radical (unpaired) electrons. The second kappa shape index (κ2) is 6.06. The van der Waals surface area contributed by atoms with Crippen LogP contribution in [0.3, 0.4) is 0 Å². The fourth-order valence-corrected chi connectivity index (χ4v) is 1.07. The lowest BCUT2D eigenvalue weighted by molar-refractivity contribution is -0.120. The van der Waals surface area contributed by atoms with Crippen molar-refractivity contribution in [1.82, 2.24) is 20.3 Å². The Labute approximate surface area is 97.6 Å². The Bertz CT molecular complexity index is 373. The van der Waals surface area contributed by atoms with Crippen LogP contribution in [0, 0.1) is 0 Å². The number of nitrogens with zero attached hydrogens (tertiary/aromatic N) is 3. The van der Waals surface area contributed by atoms with E-state index < -0.39 is 0 Å². The molecule has 0 unspecified atom stereocenters. The van der Waals surface area contributed by atoms with Gasteiger partial charge in [0.05, 0.1) is 7.11 Å². The van der Waals surface area contributed by atoms with Gasteiger partial charge in [0.25, 0.3) is 0 Å². The Morgan fingerprint density at radius 2 is 2.19 bits per heavy atom. The van der Waals surface area contributed by atoms with Crippen LogP contribution in [0.25, 0.3) is 0 Å². The Kier molecular flexibility index (Phi) is 4.71. The summed E-state index contributed by atoms with van der Waals surface area (Å²) in [5.41, 5.74) is 0. The predicted octanol–water partition coefficient (Wildman–Crippen LogP) is 0.0816. The monoisotopic (exact) mass is 245 g/mol. The van der Waals surface area contributed by atoms with Crippen LogP contribution in [0.15, 0.2) is 0 Å². The molecule has 1 aromatic heterocycles. The molecular formula is C8H12ClN5O2. The van der Waals surface area contributed by atoms with Gasteiger partial charge in [0, 0.05) is 20.0 Å². The molecule has 1 aromatic rings. The van der Waals surface area contributed by atoms with Crippen molar-refractivity contribution in [1.29, 1.82) is 0 Å². The van der Waals surface area contributed by atoms with Gasteiger partial charge in [-0.15, -0.1) is 0 Å². The quantitative estimate of drug-likeness (QED) is 0.764. The van der Waals surface area contributed by atoms with Crippen molar-refractivity contribution in [2.75, 3.05) is 26.0 Å². The summed E-state index contributed by atoms with van der Waals surface area (Å²) in [6.07, 6.45) is 0.322. The summed E-state index contributed by atoms with van der Waals surface area (Å²) in [7, 11) is 3.01. The molecule has 0 aliphatic rings. The van der Waals surface area contributed by atoms with Crippen LogP contribution < -0.4 is 15.4 Å². The average Bonchev–Trinajstić information content (AvgIpc) is 2.28. The summed E-state index contributed by atoms with van der Waals surface area (Å²) in [6, 6.07) is 0.127. The predicted molar refractivity (Wildman–Crippen MR) is 58.6 cm³/mol. The number of hydrogen-bond acceptors (Lipinski definition) is 6. The zero-order chi connectivity index (χ0) is 12.0. The first-order chi connectivity index (χ1) is 7.65. The third-order valence-corrected chi connectivity index (χ3v) is 1.85. The summed E-state index contributed by atoms with van der Waals surface area (Å²) < 4.78 is 4.82. The van der Waals surface area contributed by atoms with Crippen LogP contribution in [0.5, 0.6) is 6.01 Å². The SMILES string of the molecule is CNC(=O)CCNc1nc(Cl)nc(OC)n1. The van der Waals surface area contributed by atoms with Crippen LogP contribution in [0.2, 0.25) is 5.28 Å². The number of carbonyl (C=O) groups is 1. The lowest BCUT2D eigenvalue weighted by atomic mass is 10.4. The first kappa shape index (κ1) is 12.4. The summed E-state index contributed by atoms with van der Waals surface area (Å²) in [5, 5.41) is 5.38. The van der Waals surface area contributed by atoms with E-state index in [2.05, 4.69) is 25.6 Å². The van der Waals surface area contributed by atoms with Gasteiger partial charge in [0.15, 0.2) is 0 Å². The fourth-order valence-electron chi connectivity index (χ4n) is 0.915. The molecular weight excluding hydrogens is 234 g/mol. The van der Waals surface area contributed by atoms with Gasteiger partial charge in [0.1, 0.15) is 0 Å². The van der Waals surface area contributed by atoms with Gasteiger partial charge in [-0.3, -0.25) is 4.79 Å². The second-order valence-electron chi connectivity index (χ2n) is 2.76. The summed E-state index contributed by atoms with van der Waals surface area (Å²) in [6.45, 7) is 0.406. The minimum atomic E-state index is -0.0698. The van der Waals surface area contributed by atoms with Crippen molar-refractivity contribution >= 4 is 23.5 Å². The van der Waals surface area contributed by atoms with E-state index in [1.54, 1.807) is 7.05 Å². The van der Waals surface area contributed by atoms with Gasteiger partial charge in [-0.25, -0.2) is 0 Å². The largest absolute Gasteiger partial charge is 0.467 e. The van der Waals surface area contributed by atoms with Crippen molar-refractivity contribution in [3.05, 3.63) is 5.28 Å². The van der Waals surface area contributed by atoms with Gasteiger partial charge >= 0.3 is 6.01 Å². The number of halogens is 1. The zero-order valence-electron chi connectivity index (χ0n) is 8.95. The zero-order valence-corrected chi connectivity index (χ0v) is 9.71. The van der Waals surface area contributed by atoms with Gasteiger partial charge in [0.2, 0.25) is 17.1 Å². The maximum Gasteiger partial charge on any atom is 0.322 e. The van der Waals surface area contributed by atoms with Crippen molar-refractivity contribution in [2.24, 2.45) is 0 Å². The summed E-state index contributed by atoms with van der Waals surface area (Å²) in [5.74, 6) is 0.209. The molecule has 16 heavy (non-hydrogen) atoms. The fraction of sp³-hybridized carbons (Fsp3) is 0.500. The molecule has 8 heteroatoms. The van der Waals surface area contributed by atoms with Crippen molar-refractivity contribution in [3.63, 3.8) is 0 Å². The van der Waals surface area contributed by atoms with Gasteiger partial charge in [-0.1, -0.05) is 0 Å². The summed E-state index contributed by atoms with van der Waals surface area (Å²) >= 11 is 5.64. The molecule has 2 N–H and O–H groups in total. The van der Waals surface area contributed by atoms with Crippen molar-refractivity contribution < 1.29 is 9.53 Å². The second-order valence-corrected chi connectivity index (χ2v) is 3.10. The number of aromatic nitrogens is 3. The maximum absolute atomic E-state index is 10.9.